The molecule has 0 aliphatic carbocycles. The van der Waals surface area contributed by atoms with Gasteiger partial charge >= 0.3 is 0 Å². The van der Waals surface area contributed by atoms with Crippen LogP contribution in [0.2, 0.25) is 0 Å². The molecule has 128 valence electrons. The highest BCUT2D eigenvalue weighted by Crippen LogP contribution is 2.16. The molecular weight excluding hydrogens is 332 g/mol. The van der Waals surface area contributed by atoms with Crippen LogP contribution in [0.3, 0.4) is 0 Å². The Labute approximate surface area is 148 Å². The van der Waals surface area contributed by atoms with Crippen LogP contribution in [0.15, 0.2) is 76.2 Å². The summed E-state index contributed by atoms with van der Waals surface area (Å²) in [6, 6.07) is 18.4. The zero-order valence-electron chi connectivity index (χ0n) is 14.2. The summed E-state index contributed by atoms with van der Waals surface area (Å²) in [4.78, 5) is 3.26. The van der Waals surface area contributed by atoms with Crippen molar-refractivity contribution in [1.29, 1.82) is 0 Å². The summed E-state index contributed by atoms with van der Waals surface area (Å²) in [7, 11) is -3.76. The number of benzene rings is 2. The molecule has 3 rings (SSSR count). The molecule has 0 atom stereocenters. The fraction of sp³-hybridized carbons (Fsp3) is 0.150. The first-order valence-electron chi connectivity index (χ1n) is 8.04. The van der Waals surface area contributed by atoms with Crippen LogP contribution >= 0.6 is 0 Å². The van der Waals surface area contributed by atoms with Crippen LogP contribution in [-0.2, 0) is 16.4 Å². The number of aryl methyl sites for hydroxylation is 2. The second-order valence-electron chi connectivity index (χ2n) is 6.07. The largest absolute Gasteiger partial charge is 0.360 e. The Morgan fingerprint density at radius 2 is 1.52 bits per heavy atom. The molecule has 4 nitrogen and oxygen atoms in total. The molecule has 25 heavy (non-hydrogen) atoms. The molecule has 1 N–H and O–H groups in total. The number of rotatable bonds is 5. The van der Waals surface area contributed by atoms with E-state index in [-0.39, 0.29) is 4.90 Å². The Morgan fingerprint density at radius 1 is 0.920 bits per heavy atom. The Morgan fingerprint density at radius 3 is 2.08 bits per heavy atom. The average molecular weight is 352 g/mol. The molecule has 0 aliphatic heterocycles. The fourth-order valence-corrected chi connectivity index (χ4v) is 3.53. The van der Waals surface area contributed by atoms with Crippen molar-refractivity contribution in [3.8, 4) is 0 Å². The second kappa shape index (κ2) is 7.07. The molecule has 5 heteroatoms. The molecule has 0 radical (unpaired) electrons. The van der Waals surface area contributed by atoms with Crippen molar-refractivity contribution in [3.63, 3.8) is 0 Å². The third-order valence-corrected chi connectivity index (χ3v) is 5.28. The van der Waals surface area contributed by atoms with E-state index < -0.39 is 10.0 Å². The maximum absolute atomic E-state index is 12.7. The Balaban J connectivity index is 2.00. The van der Waals surface area contributed by atoms with Crippen LogP contribution in [-0.4, -0.2) is 19.1 Å². The molecule has 1 heterocycles. The number of aromatic amines is 1. The zero-order valence-corrected chi connectivity index (χ0v) is 15.0. The predicted octanol–water partition coefficient (Wildman–Crippen LogP) is 4.05. The molecule has 0 bridgehead atoms. The van der Waals surface area contributed by atoms with E-state index in [1.807, 2.05) is 50.2 Å². The predicted molar refractivity (Wildman–Crippen MR) is 101 cm³/mol. The molecule has 0 spiro atoms. The van der Waals surface area contributed by atoms with Gasteiger partial charge in [-0.05, 0) is 43.7 Å². The van der Waals surface area contributed by atoms with E-state index in [9.17, 15) is 8.42 Å². The number of nitrogens with zero attached hydrogens (tertiary/aromatic N) is 1. The van der Waals surface area contributed by atoms with E-state index in [0.717, 1.165) is 16.7 Å². The topological polar surface area (TPSA) is 62.3 Å². The van der Waals surface area contributed by atoms with Gasteiger partial charge < -0.3 is 4.98 Å². The van der Waals surface area contributed by atoms with Gasteiger partial charge in [0.25, 0.3) is 10.0 Å². The highest BCUT2D eigenvalue weighted by Gasteiger charge is 2.16. The minimum atomic E-state index is -3.76. The Bertz CT molecular complexity index is 969. The first-order chi connectivity index (χ1) is 11.9. The van der Waals surface area contributed by atoms with Gasteiger partial charge in [-0.3, -0.25) is 0 Å². The Hall–Kier alpha value is -2.66. The minimum absolute atomic E-state index is 0.200. The zero-order chi connectivity index (χ0) is 17.9. The summed E-state index contributed by atoms with van der Waals surface area (Å²) in [5.74, 6) is 0. The molecule has 0 amide bonds. The standard InChI is InChI=1S/C20H20N2O2S/c1-15-5-9-17(10-6-15)14-20(19-4-3-13-21-19)22-25(23,24)18-11-7-16(2)8-12-18/h3-13,21H,14H2,1-2H3/b22-20+. The van der Waals surface area contributed by atoms with Crippen LogP contribution in [0, 0.1) is 13.8 Å². The summed E-state index contributed by atoms with van der Waals surface area (Å²) in [5.41, 5.74) is 4.38. The highest BCUT2D eigenvalue weighted by atomic mass is 32.2. The van der Waals surface area contributed by atoms with Crippen molar-refractivity contribution < 1.29 is 8.42 Å². The van der Waals surface area contributed by atoms with Gasteiger partial charge in [0.2, 0.25) is 0 Å². The maximum atomic E-state index is 12.7. The molecule has 0 aliphatic rings. The number of aromatic nitrogens is 1. The minimum Gasteiger partial charge on any atom is -0.360 e. The van der Waals surface area contributed by atoms with Crippen molar-refractivity contribution in [2.45, 2.75) is 25.2 Å². The van der Waals surface area contributed by atoms with Crippen molar-refractivity contribution >= 4 is 15.7 Å². The van der Waals surface area contributed by atoms with Crippen LogP contribution < -0.4 is 0 Å². The van der Waals surface area contributed by atoms with E-state index in [4.69, 9.17) is 0 Å². The van der Waals surface area contributed by atoms with E-state index >= 15 is 0 Å². The van der Waals surface area contributed by atoms with Crippen molar-refractivity contribution in [2.75, 3.05) is 0 Å². The maximum Gasteiger partial charge on any atom is 0.282 e. The summed E-state index contributed by atoms with van der Waals surface area (Å²) in [6.45, 7) is 3.94. The van der Waals surface area contributed by atoms with Gasteiger partial charge in [0.15, 0.2) is 0 Å². The third-order valence-electron chi connectivity index (χ3n) is 3.95. The third kappa shape index (κ3) is 4.25. The SMILES string of the molecule is Cc1ccc(C/C(=N\S(=O)(=O)c2ccc(C)cc2)c2ccc[nH]2)cc1. The molecule has 1 aromatic heterocycles. The highest BCUT2D eigenvalue weighted by molar-refractivity contribution is 7.90. The first-order valence-corrected chi connectivity index (χ1v) is 9.48. The molecule has 2 aromatic carbocycles. The summed E-state index contributed by atoms with van der Waals surface area (Å²) in [6.07, 6.45) is 2.20. The number of hydrogen-bond donors (Lipinski definition) is 1. The van der Waals surface area contributed by atoms with Crippen LogP contribution in [0.25, 0.3) is 0 Å². The van der Waals surface area contributed by atoms with Gasteiger partial charge in [-0.2, -0.15) is 12.8 Å². The molecule has 0 unspecified atom stereocenters. The van der Waals surface area contributed by atoms with Gasteiger partial charge in [-0.25, -0.2) is 0 Å². The molecule has 0 fully saturated rings. The van der Waals surface area contributed by atoms with Gasteiger partial charge in [-0.15, -0.1) is 0 Å². The van der Waals surface area contributed by atoms with E-state index in [1.54, 1.807) is 30.5 Å². The molecular formula is C20H20N2O2S. The number of sulfonamides is 1. The lowest BCUT2D eigenvalue weighted by molar-refractivity contribution is 0.598. The fourth-order valence-electron chi connectivity index (χ4n) is 2.49. The lowest BCUT2D eigenvalue weighted by Crippen LogP contribution is -2.10. The summed E-state index contributed by atoms with van der Waals surface area (Å²) >= 11 is 0. The van der Waals surface area contributed by atoms with Gasteiger partial charge in [0.1, 0.15) is 0 Å². The average Bonchev–Trinajstić information content (AvgIpc) is 3.11. The molecule has 0 saturated carbocycles. The van der Waals surface area contributed by atoms with Gasteiger partial charge in [0.05, 0.1) is 16.3 Å². The van der Waals surface area contributed by atoms with Crippen molar-refractivity contribution in [2.24, 2.45) is 4.40 Å². The van der Waals surface area contributed by atoms with Crippen molar-refractivity contribution in [3.05, 3.63) is 89.2 Å². The normalized spacial score (nSPS) is 12.3. The van der Waals surface area contributed by atoms with Gasteiger partial charge in [0, 0.05) is 12.6 Å². The molecule has 3 aromatic rings. The lowest BCUT2D eigenvalue weighted by Gasteiger charge is -2.07. The quantitative estimate of drug-likeness (QED) is 0.704. The monoisotopic (exact) mass is 352 g/mol. The van der Waals surface area contributed by atoms with Gasteiger partial charge in [-0.1, -0.05) is 47.5 Å². The van der Waals surface area contributed by atoms with Crippen LogP contribution in [0.4, 0.5) is 0 Å². The second-order valence-corrected chi connectivity index (χ2v) is 7.68. The van der Waals surface area contributed by atoms with Crippen LogP contribution in [0.5, 0.6) is 0 Å². The number of H-pyrrole nitrogens is 1. The van der Waals surface area contributed by atoms with Crippen molar-refractivity contribution in [1.82, 2.24) is 4.98 Å². The van der Waals surface area contributed by atoms with E-state index in [0.29, 0.717) is 17.8 Å². The Kier molecular flexibility index (Phi) is 4.86. The van der Waals surface area contributed by atoms with Crippen LogP contribution in [0.1, 0.15) is 22.4 Å². The lowest BCUT2D eigenvalue weighted by atomic mass is 10.1. The summed E-state index contributed by atoms with van der Waals surface area (Å²) < 4.78 is 29.5. The number of nitrogens with one attached hydrogen (secondary N) is 1. The first kappa shape index (κ1) is 17.2. The van der Waals surface area contributed by atoms with E-state index in [2.05, 4.69) is 9.38 Å². The molecule has 0 saturated heterocycles. The van der Waals surface area contributed by atoms with E-state index in [1.165, 1.54) is 0 Å². The summed E-state index contributed by atoms with van der Waals surface area (Å²) in [5, 5.41) is 0. The smallest absolute Gasteiger partial charge is 0.282 e. The number of hydrogen-bond acceptors (Lipinski definition) is 2.